The average Bonchev–Trinajstić information content (AvgIpc) is 2.73. The predicted molar refractivity (Wildman–Crippen MR) is 84.8 cm³/mol. The van der Waals surface area contributed by atoms with Crippen molar-refractivity contribution in [3.8, 4) is 0 Å². The molecule has 2 aromatic rings. The third kappa shape index (κ3) is 3.44. The first-order valence-corrected chi connectivity index (χ1v) is 7.34. The Morgan fingerprint density at radius 2 is 2.14 bits per heavy atom. The van der Waals surface area contributed by atoms with E-state index in [-0.39, 0.29) is 17.1 Å². The summed E-state index contributed by atoms with van der Waals surface area (Å²) in [6, 6.07) is 3.97. The number of amides is 1. The Morgan fingerprint density at radius 1 is 1.45 bits per heavy atom. The molecule has 1 aromatic carbocycles. The number of nitrogens with zero attached hydrogens (tertiary/aromatic N) is 2. The fourth-order valence-electron chi connectivity index (χ4n) is 2.25. The molecular formula is C16H23FN4O. The van der Waals surface area contributed by atoms with Crippen molar-refractivity contribution in [1.29, 1.82) is 0 Å². The molecule has 0 unspecified atom stereocenters. The highest BCUT2D eigenvalue weighted by Crippen LogP contribution is 2.18. The zero-order valence-corrected chi connectivity index (χ0v) is 13.5. The van der Waals surface area contributed by atoms with E-state index in [2.05, 4.69) is 10.3 Å². The standard InChI is InChI=1S/C16H23FN4O/c1-16(2,3)14(18)15(22)19-8-7-13-20-11-9-10(17)5-6-12(11)21(13)4/h5-6,9,14H,7-8,18H2,1-4H3,(H,19,22)/t14-/m1/s1. The van der Waals surface area contributed by atoms with E-state index in [1.165, 1.54) is 12.1 Å². The van der Waals surface area contributed by atoms with Gasteiger partial charge in [-0.1, -0.05) is 20.8 Å². The van der Waals surface area contributed by atoms with Crippen LogP contribution in [0.2, 0.25) is 0 Å². The van der Waals surface area contributed by atoms with E-state index < -0.39 is 6.04 Å². The number of fused-ring (bicyclic) bond motifs is 1. The van der Waals surface area contributed by atoms with Crippen LogP contribution in [0.25, 0.3) is 11.0 Å². The number of nitrogens with one attached hydrogen (secondary N) is 1. The van der Waals surface area contributed by atoms with Crippen LogP contribution in [0, 0.1) is 11.2 Å². The molecule has 0 bridgehead atoms. The molecule has 0 radical (unpaired) electrons. The van der Waals surface area contributed by atoms with Crippen LogP contribution in [0.4, 0.5) is 4.39 Å². The number of benzene rings is 1. The fraction of sp³-hybridized carbons (Fsp3) is 0.500. The van der Waals surface area contributed by atoms with Crippen LogP contribution in [0.5, 0.6) is 0 Å². The molecular weight excluding hydrogens is 283 g/mol. The molecule has 0 aliphatic carbocycles. The van der Waals surface area contributed by atoms with Crippen LogP contribution >= 0.6 is 0 Å². The summed E-state index contributed by atoms with van der Waals surface area (Å²) in [5.74, 6) is 0.323. The van der Waals surface area contributed by atoms with Crippen molar-refractivity contribution >= 4 is 16.9 Å². The highest BCUT2D eigenvalue weighted by Gasteiger charge is 2.27. The van der Waals surface area contributed by atoms with Gasteiger partial charge in [-0.2, -0.15) is 0 Å². The van der Waals surface area contributed by atoms with E-state index in [9.17, 15) is 9.18 Å². The third-order valence-electron chi connectivity index (χ3n) is 3.80. The Kier molecular flexibility index (Phi) is 4.51. The van der Waals surface area contributed by atoms with Gasteiger partial charge in [0.1, 0.15) is 11.6 Å². The molecule has 22 heavy (non-hydrogen) atoms. The van der Waals surface area contributed by atoms with Crippen LogP contribution in [-0.4, -0.2) is 28.0 Å². The third-order valence-corrected chi connectivity index (χ3v) is 3.80. The SMILES string of the molecule is Cn1c(CCNC(=O)[C@@H](N)C(C)(C)C)nc2cc(F)ccc21. The van der Waals surface area contributed by atoms with Crippen molar-refractivity contribution in [3.05, 3.63) is 29.8 Å². The minimum atomic E-state index is -0.554. The number of nitrogens with two attached hydrogens (primary N) is 1. The molecule has 3 N–H and O–H groups in total. The summed E-state index contributed by atoms with van der Waals surface area (Å²) < 4.78 is 15.1. The van der Waals surface area contributed by atoms with Crippen molar-refractivity contribution in [3.63, 3.8) is 0 Å². The van der Waals surface area contributed by atoms with Crippen molar-refractivity contribution in [2.75, 3.05) is 6.54 Å². The van der Waals surface area contributed by atoms with E-state index >= 15 is 0 Å². The monoisotopic (exact) mass is 306 g/mol. The number of hydrogen-bond acceptors (Lipinski definition) is 3. The second-order valence-electron chi connectivity index (χ2n) is 6.60. The fourth-order valence-corrected chi connectivity index (χ4v) is 2.25. The summed E-state index contributed by atoms with van der Waals surface area (Å²) in [4.78, 5) is 16.4. The molecule has 0 aliphatic rings. The largest absolute Gasteiger partial charge is 0.354 e. The van der Waals surface area contributed by atoms with Gasteiger partial charge in [0, 0.05) is 26.1 Å². The van der Waals surface area contributed by atoms with Crippen LogP contribution in [0.3, 0.4) is 0 Å². The summed E-state index contributed by atoms with van der Waals surface area (Å²) in [5, 5.41) is 2.83. The molecule has 1 atom stereocenters. The maximum atomic E-state index is 13.2. The van der Waals surface area contributed by atoms with Crippen LogP contribution in [0.15, 0.2) is 18.2 Å². The molecule has 0 saturated carbocycles. The van der Waals surface area contributed by atoms with Gasteiger partial charge in [-0.3, -0.25) is 4.79 Å². The van der Waals surface area contributed by atoms with E-state index in [1.807, 2.05) is 32.4 Å². The quantitative estimate of drug-likeness (QED) is 0.904. The Morgan fingerprint density at radius 3 is 2.77 bits per heavy atom. The Balaban J connectivity index is 2.01. The number of carbonyl (C=O) groups is 1. The van der Waals surface area contributed by atoms with Gasteiger partial charge in [0.15, 0.2) is 0 Å². The molecule has 1 amide bonds. The number of carbonyl (C=O) groups excluding carboxylic acids is 1. The van der Waals surface area contributed by atoms with E-state index in [0.29, 0.717) is 18.5 Å². The molecule has 0 spiro atoms. The van der Waals surface area contributed by atoms with Gasteiger partial charge in [0.25, 0.3) is 0 Å². The van der Waals surface area contributed by atoms with Gasteiger partial charge in [-0.05, 0) is 17.5 Å². The second kappa shape index (κ2) is 6.04. The lowest BCUT2D eigenvalue weighted by molar-refractivity contribution is -0.124. The molecule has 0 aliphatic heterocycles. The molecule has 6 heteroatoms. The van der Waals surface area contributed by atoms with Gasteiger partial charge < -0.3 is 15.6 Å². The zero-order chi connectivity index (χ0) is 16.5. The first-order valence-electron chi connectivity index (χ1n) is 7.34. The number of imidazole rings is 1. The maximum absolute atomic E-state index is 13.2. The predicted octanol–water partition coefficient (Wildman–Crippen LogP) is 1.74. The normalized spacial score (nSPS) is 13.4. The van der Waals surface area contributed by atoms with Gasteiger partial charge in [0.05, 0.1) is 17.1 Å². The van der Waals surface area contributed by atoms with E-state index in [1.54, 1.807) is 6.07 Å². The summed E-state index contributed by atoms with van der Waals surface area (Å²) >= 11 is 0. The van der Waals surface area contributed by atoms with Crippen molar-refractivity contribution in [2.45, 2.75) is 33.2 Å². The lowest BCUT2D eigenvalue weighted by Gasteiger charge is -2.25. The molecule has 1 heterocycles. The van der Waals surface area contributed by atoms with Crippen molar-refractivity contribution < 1.29 is 9.18 Å². The maximum Gasteiger partial charge on any atom is 0.237 e. The summed E-state index contributed by atoms with van der Waals surface area (Å²) in [6.07, 6.45) is 0.565. The highest BCUT2D eigenvalue weighted by atomic mass is 19.1. The highest BCUT2D eigenvalue weighted by molar-refractivity contribution is 5.82. The minimum absolute atomic E-state index is 0.169. The van der Waals surface area contributed by atoms with Crippen molar-refractivity contribution in [1.82, 2.24) is 14.9 Å². The molecule has 5 nitrogen and oxygen atoms in total. The molecule has 0 saturated heterocycles. The number of halogens is 1. The Labute approximate surface area is 129 Å². The lowest BCUT2D eigenvalue weighted by Crippen LogP contribution is -2.49. The number of aryl methyl sites for hydroxylation is 1. The van der Waals surface area contributed by atoms with Crippen LogP contribution in [0.1, 0.15) is 26.6 Å². The smallest absolute Gasteiger partial charge is 0.237 e. The van der Waals surface area contributed by atoms with E-state index in [0.717, 1.165) is 11.3 Å². The molecule has 120 valence electrons. The molecule has 0 fully saturated rings. The van der Waals surface area contributed by atoms with Crippen LogP contribution < -0.4 is 11.1 Å². The number of rotatable bonds is 4. The van der Waals surface area contributed by atoms with Crippen LogP contribution in [-0.2, 0) is 18.3 Å². The minimum Gasteiger partial charge on any atom is -0.354 e. The van der Waals surface area contributed by atoms with Gasteiger partial charge in [-0.25, -0.2) is 9.37 Å². The average molecular weight is 306 g/mol. The summed E-state index contributed by atoms with van der Waals surface area (Å²) in [5.41, 5.74) is 7.12. The van der Waals surface area contributed by atoms with E-state index in [4.69, 9.17) is 5.73 Å². The first kappa shape index (κ1) is 16.4. The second-order valence-corrected chi connectivity index (χ2v) is 6.60. The van der Waals surface area contributed by atoms with Gasteiger partial charge in [0.2, 0.25) is 5.91 Å². The zero-order valence-electron chi connectivity index (χ0n) is 13.5. The number of aromatic nitrogens is 2. The van der Waals surface area contributed by atoms with Gasteiger partial charge in [-0.15, -0.1) is 0 Å². The lowest BCUT2D eigenvalue weighted by atomic mass is 9.87. The van der Waals surface area contributed by atoms with Gasteiger partial charge >= 0.3 is 0 Å². The van der Waals surface area contributed by atoms with Crippen molar-refractivity contribution in [2.24, 2.45) is 18.2 Å². The topological polar surface area (TPSA) is 72.9 Å². The Hall–Kier alpha value is -1.95. The summed E-state index contributed by atoms with van der Waals surface area (Å²) in [6.45, 7) is 6.23. The molecule has 1 aromatic heterocycles. The summed E-state index contributed by atoms with van der Waals surface area (Å²) in [7, 11) is 1.88. The first-order chi connectivity index (χ1) is 10.2. The Bertz CT molecular complexity index is 687. The number of hydrogen-bond donors (Lipinski definition) is 2. The molecule has 2 rings (SSSR count).